The van der Waals surface area contributed by atoms with Crippen LogP contribution in [0.5, 0.6) is 0 Å². The molecule has 0 radical (unpaired) electrons. The van der Waals surface area contributed by atoms with Gasteiger partial charge in [-0.05, 0) is 45.8 Å². The molecule has 3 rings (SSSR count). The molecule has 3 aliphatic heterocycles. The molecule has 3 atom stereocenters. The molecule has 3 unspecified atom stereocenters. The molecule has 110 valence electrons. The number of likely N-dealkylation sites (N-methyl/N-ethyl adjacent to an activating group) is 1. The monoisotopic (exact) mass is 267 g/mol. The molecule has 0 bridgehead atoms. The van der Waals surface area contributed by atoms with E-state index in [4.69, 9.17) is 4.74 Å². The van der Waals surface area contributed by atoms with Crippen LogP contribution in [0.15, 0.2) is 0 Å². The Bertz CT molecular complexity index is 287. The lowest BCUT2D eigenvalue weighted by Gasteiger charge is -2.36. The molecule has 0 aromatic heterocycles. The molecule has 3 saturated heterocycles. The van der Waals surface area contributed by atoms with E-state index in [0.717, 1.165) is 38.3 Å². The second-order valence-electron chi connectivity index (χ2n) is 6.53. The molecule has 0 aromatic carbocycles. The van der Waals surface area contributed by atoms with E-state index in [1.807, 2.05) is 0 Å². The van der Waals surface area contributed by atoms with Gasteiger partial charge in [0.2, 0.25) is 0 Å². The van der Waals surface area contributed by atoms with E-state index in [-0.39, 0.29) is 0 Å². The number of morpholine rings is 1. The normalized spacial score (nSPS) is 37.4. The second kappa shape index (κ2) is 6.53. The lowest BCUT2D eigenvalue weighted by Crippen LogP contribution is -2.51. The van der Waals surface area contributed by atoms with Crippen molar-refractivity contribution in [2.75, 3.05) is 46.4 Å². The van der Waals surface area contributed by atoms with Crippen molar-refractivity contribution in [3.8, 4) is 0 Å². The molecule has 1 N–H and O–H groups in total. The maximum atomic E-state index is 5.99. The van der Waals surface area contributed by atoms with Crippen molar-refractivity contribution >= 4 is 0 Å². The fourth-order valence-corrected chi connectivity index (χ4v) is 3.82. The first-order chi connectivity index (χ1) is 9.33. The zero-order valence-corrected chi connectivity index (χ0v) is 12.3. The van der Waals surface area contributed by atoms with Gasteiger partial charge in [0.1, 0.15) is 0 Å². The molecular weight excluding hydrogens is 238 g/mol. The Morgan fingerprint density at radius 3 is 2.95 bits per heavy atom. The van der Waals surface area contributed by atoms with Gasteiger partial charge < -0.3 is 15.0 Å². The van der Waals surface area contributed by atoms with E-state index in [2.05, 4.69) is 22.2 Å². The van der Waals surface area contributed by atoms with Crippen LogP contribution in [-0.4, -0.2) is 74.4 Å². The van der Waals surface area contributed by atoms with Crippen LogP contribution in [0.25, 0.3) is 0 Å². The number of hydrogen-bond acceptors (Lipinski definition) is 4. The maximum Gasteiger partial charge on any atom is 0.0827 e. The van der Waals surface area contributed by atoms with Crippen LogP contribution in [0.4, 0.5) is 0 Å². The smallest absolute Gasteiger partial charge is 0.0827 e. The van der Waals surface area contributed by atoms with E-state index >= 15 is 0 Å². The highest BCUT2D eigenvalue weighted by atomic mass is 16.5. The Balaban J connectivity index is 1.36. The quantitative estimate of drug-likeness (QED) is 0.820. The van der Waals surface area contributed by atoms with Gasteiger partial charge in [0, 0.05) is 31.7 Å². The summed E-state index contributed by atoms with van der Waals surface area (Å²) in [4.78, 5) is 5.14. The molecule has 0 saturated carbocycles. The zero-order valence-electron chi connectivity index (χ0n) is 12.3. The SMILES string of the molecule is CN1CCCCC1CNCC1CN2CCCC2CO1. The number of hydrogen-bond donors (Lipinski definition) is 1. The standard InChI is InChI=1S/C15H29N3O/c1-17-7-3-2-5-13(17)9-16-10-15-11-18-8-4-6-14(18)12-19-15/h13-16H,2-12H2,1H3. The van der Waals surface area contributed by atoms with Crippen molar-refractivity contribution in [3.63, 3.8) is 0 Å². The van der Waals surface area contributed by atoms with Crippen LogP contribution in [0.1, 0.15) is 32.1 Å². The first-order valence-electron chi connectivity index (χ1n) is 8.09. The van der Waals surface area contributed by atoms with Gasteiger partial charge in [-0.1, -0.05) is 6.42 Å². The van der Waals surface area contributed by atoms with Crippen molar-refractivity contribution in [1.29, 1.82) is 0 Å². The summed E-state index contributed by atoms with van der Waals surface area (Å²) in [5, 5.41) is 3.64. The summed E-state index contributed by atoms with van der Waals surface area (Å²) in [6, 6.07) is 1.46. The minimum atomic E-state index is 0.406. The van der Waals surface area contributed by atoms with Crippen molar-refractivity contribution in [2.45, 2.75) is 50.3 Å². The molecule has 19 heavy (non-hydrogen) atoms. The Morgan fingerprint density at radius 2 is 2.05 bits per heavy atom. The Hall–Kier alpha value is -0.160. The van der Waals surface area contributed by atoms with Gasteiger partial charge >= 0.3 is 0 Å². The zero-order chi connectivity index (χ0) is 13.1. The fraction of sp³-hybridized carbons (Fsp3) is 1.00. The van der Waals surface area contributed by atoms with Gasteiger partial charge in [-0.3, -0.25) is 4.90 Å². The van der Waals surface area contributed by atoms with Crippen molar-refractivity contribution < 1.29 is 4.74 Å². The summed E-state index contributed by atoms with van der Waals surface area (Å²) in [6.07, 6.45) is 7.22. The first-order valence-corrected chi connectivity index (χ1v) is 8.09. The van der Waals surface area contributed by atoms with E-state index < -0.39 is 0 Å². The van der Waals surface area contributed by atoms with Gasteiger partial charge in [-0.15, -0.1) is 0 Å². The number of nitrogens with one attached hydrogen (secondary N) is 1. The van der Waals surface area contributed by atoms with Crippen molar-refractivity contribution in [3.05, 3.63) is 0 Å². The van der Waals surface area contributed by atoms with E-state index in [1.54, 1.807) is 0 Å². The van der Waals surface area contributed by atoms with Crippen LogP contribution in [0.2, 0.25) is 0 Å². The first kappa shape index (κ1) is 13.8. The summed E-state index contributed by atoms with van der Waals surface area (Å²) in [6.45, 7) is 6.79. The predicted octanol–water partition coefficient (Wildman–Crippen LogP) is 0.924. The number of fused-ring (bicyclic) bond motifs is 1. The summed E-state index contributed by atoms with van der Waals surface area (Å²) in [5.41, 5.74) is 0. The third-order valence-electron chi connectivity index (χ3n) is 5.14. The highest BCUT2D eigenvalue weighted by Gasteiger charge is 2.32. The highest BCUT2D eigenvalue weighted by molar-refractivity contribution is 4.86. The molecule has 3 heterocycles. The van der Waals surface area contributed by atoms with Gasteiger partial charge in [0.05, 0.1) is 12.7 Å². The van der Waals surface area contributed by atoms with Crippen molar-refractivity contribution in [2.24, 2.45) is 0 Å². The molecule has 0 aromatic rings. The molecule has 0 amide bonds. The molecule has 0 spiro atoms. The Kier molecular flexibility index (Phi) is 4.74. The average Bonchev–Trinajstić information content (AvgIpc) is 2.88. The minimum Gasteiger partial charge on any atom is -0.374 e. The third-order valence-corrected chi connectivity index (χ3v) is 5.14. The van der Waals surface area contributed by atoms with Gasteiger partial charge in [-0.2, -0.15) is 0 Å². The van der Waals surface area contributed by atoms with Gasteiger partial charge in [-0.25, -0.2) is 0 Å². The number of nitrogens with zero attached hydrogens (tertiary/aromatic N) is 2. The summed E-state index contributed by atoms with van der Waals surface area (Å²) >= 11 is 0. The second-order valence-corrected chi connectivity index (χ2v) is 6.53. The Labute approximate surface area is 117 Å². The van der Waals surface area contributed by atoms with Crippen LogP contribution in [0, 0.1) is 0 Å². The van der Waals surface area contributed by atoms with Crippen LogP contribution in [0.3, 0.4) is 0 Å². The molecular formula is C15H29N3O. The summed E-state index contributed by atoms with van der Waals surface area (Å²) in [5.74, 6) is 0. The molecule has 4 heteroatoms. The largest absolute Gasteiger partial charge is 0.374 e. The molecule has 4 nitrogen and oxygen atoms in total. The van der Waals surface area contributed by atoms with Crippen LogP contribution < -0.4 is 5.32 Å². The lowest BCUT2D eigenvalue weighted by atomic mass is 10.0. The molecule has 0 aliphatic carbocycles. The van der Waals surface area contributed by atoms with Crippen LogP contribution in [-0.2, 0) is 4.74 Å². The summed E-state index contributed by atoms with van der Waals surface area (Å²) in [7, 11) is 2.26. The Morgan fingerprint density at radius 1 is 1.11 bits per heavy atom. The van der Waals surface area contributed by atoms with Crippen LogP contribution >= 0.6 is 0 Å². The fourth-order valence-electron chi connectivity index (χ4n) is 3.82. The number of piperidine rings is 1. The minimum absolute atomic E-state index is 0.406. The topological polar surface area (TPSA) is 27.7 Å². The van der Waals surface area contributed by atoms with E-state index in [9.17, 15) is 0 Å². The summed E-state index contributed by atoms with van der Waals surface area (Å²) < 4.78 is 5.99. The van der Waals surface area contributed by atoms with Crippen molar-refractivity contribution in [1.82, 2.24) is 15.1 Å². The van der Waals surface area contributed by atoms with Gasteiger partial charge in [0.15, 0.2) is 0 Å². The predicted molar refractivity (Wildman–Crippen MR) is 77.5 cm³/mol. The van der Waals surface area contributed by atoms with Gasteiger partial charge in [0.25, 0.3) is 0 Å². The molecule has 3 aliphatic rings. The van der Waals surface area contributed by atoms with E-state index in [1.165, 1.54) is 45.2 Å². The number of ether oxygens (including phenoxy) is 1. The average molecular weight is 267 g/mol. The lowest BCUT2D eigenvalue weighted by molar-refractivity contribution is -0.0474. The number of rotatable bonds is 4. The van der Waals surface area contributed by atoms with E-state index in [0.29, 0.717) is 6.10 Å². The maximum absolute atomic E-state index is 5.99. The molecule has 3 fully saturated rings. The highest BCUT2D eigenvalue weighted by Crippen LogP contribution is 2.22. The third kappa shape index (κ3) is 3.48. The number of likely N-dealkylation sites (tertiary alicyclic amines) is 1.